The lowest BCUT2D eigenvalue weighted by Crippen LogP contribution is -1.86. The molecule has 0 spiro atoms. The minimum Gasteiger partial charge on any atom is -0.134 e. The minimum atomic E-state index is 1.23. The summed E-state index contributed by atoms with van der Waals surface area (Å²) in [7, 11) is 0. The summed E-state index contributed by atoms with van der Waals surface area (Å²) < 4.78 is 0. The maximum absolute atomic E-state index is 2.37. The summed E-state index contributed by atoms with van der Waals surface area (Å²) in [5.41, 5.74) is 9.96. The molecule has 0 fully saturated rings. The molecule has 0 amide bonds. The average Bonchev–Trinajstić information content (AvgIpc) is 3.42. The summed E-state index contributed by atoms with van der Waals surface area (Å²) in [4.78, 5) is 2.62. The zero-order valence-electron chi connectivity index (χ0n) is 21.4. The number of rotatable bonds is 5. The van der Waals surface area contributed by atoms with Gasteiger partial charge in [0.1, 0.15) is 0 Å². The molecule has 0 aliphatic rings. The van der Waals surface area contributed by atoms with Crippen molar-refractivity contribution in [2.75, 3.05) is 0 Å². The van der Waals surface area contributed by atoms with Crippen molar-refractivity contribution in [1.82, 2.24) is 0 Å². The molecular formula is C38H26S. The van der Waals surface area contributed by atoms with Gasteiger partial charge in [0.2, 0.25) is 0 Å². The molecule has 0 saturated carbocycles. The Bertz CT molecular complexity index is 1860. The van der Waals surface area contributed by atoms with Crippen LogP contribution in [0.2, 0.25) is 0 Å². The van der Waals surface area contributed by atoms with E-state index < -0.39 is 0 Å². The molecule has 0 nitrogen and oxygen atoms in total. The van der Waals surface area contributed by atoms with E-state index in [1.807, 2.05) is 11.3 Å². The maximum Gasteiger partial charge on any atom is 0.0434 e. The Morgan fingerprint density at radius 2 is 0.718 bits per heavy atom. The molecule has 1 heteroatoms. The molecule has 6 aromatic carbocycles. The Balaban J connectivity index is 1.42. The van der Waals surface area contributed by atoms with Gasteiger partial charge in [-0.2, -0.15) is 0 Å². The first-order chi connectivity index (χ1) is 19.3. The van der Waals surface area contributed by atoms with Crippen molar-refractivity contribution < 1.29 is 0 Å². The molecule has 0 saturated heterocycles. The van der Waals surface area contributed by atoms with Crippen LogP contribution < -0.4 is 0 Å². The lowest BCUT2D eigenvalue weighted by molar-refractivity contribution is 1.59. The number of fused-ring (bicyclic) bond motifs is 1. The van der Waals surface area contributed by atoms with Crippen LogP contribution in [0.15, 0.2) is 158 Å². The molecule has 7 rings (SSSR count). The first kappa shape index (κ1) is 23.4. The van der Waals surface area contributed by atoms with Gasteiger partial charge < -0.3 is 0 Å². The van der Waals surface area contributed by atoms with Gasteiger partial charge >= 0.3 is 0 Å². The second-order valence-electron chi connectivity index (χ2n) is 9.74. The molecule has 184 valence electrons. The fraction of sp³-hybridized carbons (Fsp3) is 0. The van der Waals surface area contributed by atoms with Gasteiger partial charge in [0, 0.05) is 26.1 Å². The topological polar surface area (TPSA) is 0 Å². The summed E-state index contributed by atoms with van der Waals surface area (Å²) in [6.07, 6.45) is 0. The average molecular weight is 515 g/mol. The Labute approximate surface area is 233 Å². The van der Waals surface area contributed by atoms with Crippen LogP contribution in [-0.2, 0) is 0 Å². The Kier molecular flexibility index (Phi) is 6.13. The molecule has 0 radical (unpaired) electrons. The molecule has 1 heterocycles. The first-order valence-electron chi connectivity index (χ1n) is 13.3. The van der Waals surface area contributed by atoms with E-state index in [1.165, 1.54) is 65.0 Å². The van der Waals surface area contributed by atoms with Gasteiger partial charge in [-0.25, -0.2) is 0 Å². The zero-order valence-corrected chi connectivity index (χ0v) is 22.2. The van der Waals surface area contributed by atoms with Gasteiger partial charge in [-0.05, 0) is 45.0 Å². The lowest BCUT2D eigenvalue weighted by atomic mass is 9.93. The van der Waals surface area contributed by atoms with Gasteiger partial charge in [0.05, 0.1) is 0 Å². The normalized spacial score (nSPS) is 11.1. The van der Waals surface area contributed by atoms with E-state index >= 15 is 0 Å². The van der Waals surface area contributed by atoms with Gasteiger partial charge in [0.25, 0.3) is 0 Å². The maximum atomic E-state index is 2.37. The van der Waals surface area contributed by atoms with Gasteiger partial charge in [-0.3, -0.25) is 0 Å². The molecule has 0 N–H and O–H groups in total. The van der Waals surface area contributed by atoms with E-state index in [2.05, 4.69) is 158 Å². The molecule has 1 aromatic heterocycles. The van der Waals surface area contributed by atoms with Crippen LogP contribution in [0.1, 0.15) is 0 Å². The fourth-order valence-corrected chi connectivity index (χ4v) is 6.67. The van der Waals surface area contributed by atoms with Crippen molar-refractivity contribution in [2.24, 2.45) is 0 Å². The molecule has 0 unspecified atom stereocenters. The van der Waals surface area contributed by atoms with Crippen LogP contribution in [0.25, 0.3) is 65.0 Å². The number of benzene rings is 6. The number of hydrogen-bond donors (Lipinski definition) is 0. The van der Waals surface area contributed by atoms with Crippen molar-refractivity contribution in [3.63, 3.8) is 0 Å². The second kappa shape index (κ2) is 10.2. The van der Waals surface area contributed by atoms with Crippen molar-refractivity contribution in [2.45, 2.75) is 0 Å². The summed E-state index contributed by atoms with van der Waals surface area (Å²) >= 11 is 1.89. The van der Waals surface area contributed by atoms with Gasteiger partial charge in [0.15, 0.2) is 0 Å². The van der Waals surface area contributed by atoms with Crippen LogP contribution in [0.4, 0.5) is 0 Å². The van der Waals surface area contributed by atoms with Crippen LogP contribution in [0, 0.1) is 0 Å². The second-order valence-corrected chi connectivity index (χ2v) is 10.8. The van der Waals surface area contributed by atoms with Crippen molar-refractivity contribution in [3.8, 4) is 54.3 Å². The summed E-state index contributed by atoms with van der Waals surface area (Å²) in [6.45, 7) is 0. The largest absolute Gasteiger partial charge is 0.134 e. The first-order valence-corrected chi connectivity index (χ1v) is 14.1. The fourth-order valence-electron chi connectivity index (χ4n) is 5.36. The van der Waals surface area contributed by atoms with Crippen molar-refractivity contribution in [3.05, 3.63) is 158 Å². The highest BCUT2D eigenvalue weighted by molar-refractivity contribution is 7.21. The predicted octanol–water partition coefficient (Wildman–Crippen LogP) is 11.2. The van der Waals surface area contributed by atoms with Crippen LogP contribution in [0.3, 0.4) is 0 Å². The molecule has 0 bridgehead atoms. The Hall–Kier alpha value is -4.72. The van der Waals surface area contributed by atoms with E-state index in [0.29, 0.717) is 0 Å². The Morgan fingerprint density at radius 3 is 1.33 bits per heavy atom. The lowest BCUT2D eigenvalue weighted by Gasteiger charge is -2.12. The summed E-state index contributed by atoms with van der Waals surface area (Å²) in [5, 5.41) is 2.60. The molecule has 7 aromatic rings. The molecule has 0 aliphatic carbocycles. The van der Waals surface area contributed by atoms with E-state index in [1.54, 1.807) is 0 Å². The highest BCUT2D eigenvalue weighted by Gasteiger charge is 2.18. The third-order valence-electron chi connectivity index (χ3n) is 7.33. The third kappa shape index (κ3) is 4.48. The molecule has 0 aliphatic heterocycles. The monoisotopic (exact) mass is 514 g/mol. The predicted molar refractivity (Wildman–Crippen MR) is 169 cm³/mol. The van der Waals surface area contributed by atoms with Gasteiger partial charge in [-0.1, -0.05) is 152 Å². The molecule has 0 atom stereocenters. The SMILES string of the molecule is c1ccc(-c2ccc(-c3sc(-c4cc(-c5ccccc5)ccc4-c4ccccc4)c4ccccc34)cc2)cc1. The zero-order chi connectivity index (χ0) is 26.0. The Morgan fingerprint density at radius 1 is 0.282 bits per heavy atom. The molecule has 39 heavy (non-hydrogen) atoms. The highest BCUT2D eigenvalue weighted by atomic mass is 32.1. The van der Waals surface area contributed by atoms with Crippen LogP contribution in [-0.4, -0.2) is 0 Å². The van der Waals surface area contributed by atoms with E-state index in [9.17, 15) is 0 Å². The van der Waals surface area contributed by atoms with Gasteiger partial charge in [-0.15, -0.1) is 11.3 Å². The summed E-state index contributed by atoms with van der Waals surface area (Å²) in [5.74, 6) is 0. The summed E-state index contributed by atoms with van der Waals surface area (Å²) in [6, 6.07) is 56.8. The quantitative estimate of drug-likeness (QED) is 0.214. The minimum absolute atomic E-state index is 1.23. The number of hydrogen-bond acceptors (Lipinski definition) is 1. The third-order valence-corrected chi connectivity index (χ3v) is 8.63. The van der Waals surface area contributed by atoms with Crippen molar-refractivity contribution >= 4 is 22.1 Å². The number of thiophene rings is 1. The van der Waals surface area contributed by atoms with E-state index in [4.69, 9.17) is 0 Å². The standard InChI is InChI=1S/C38H26S/c1-4-12-27(13-5-1)29-20-22-31(23-21-29)37-34-18-10-11-19-35(34)38(39-37)36-26-32(28-14-6-2-7-15-28)24-25-33(36)30-16-8-3-9-17-30/h1-26H. The smallest absolute Gasteiger partial charge is 0.0434 e. The van der Waals surface area contributed by atoms with Crippen LogP contribution in [0.5, 0.6) is 0 Å². The molecular weight excluding hydrogens is 488 g/mol. The van der Waals surface area contributed by atoms with Crippen molar-refractivity contribution in [1.29, 1.82) is 0 Å². The highest BCUT2D eigenvalue weighted by Crippen LogP contribution is 2.47. The van der Waals surface area contributed by atoms with E-state index in [-0.39, 0.29) is 0 Å². The van der Waals surface area contributed by atoms with E-state index in [0.717, 1.165) is 0 Å². The van der Waals surface area contributed by atoms with Crippen LogP contribution >= 0.6 is 11.3 Å².